The van der Waals surface area contributed by atoms with Gasteiger partial charge in [0.15, 0.2) is 0 Å². The summed E-state index contributed by atoms with van der Waals surface area (Å²) in [6.07, 6.45) is 0.328. The molecule has 27 heavy (non-hydrogen) atoms. The van der Waals surface area contributed by atoms with Crippen LogP contribution in [0, 0.1) is 6.92 Å². The number of amides is 1. The fourth-order valence-electron chi connectivity index (χ4n) is 2.50. The number of nitrogens with one attached hydrogen (secondary N) is 1. The third kappa shape index (κ3) is 6.29. The highest BCUT2D eigenvalue weighted by atomic mass is 79.9. The Balaban J connectivity index is 2.02. The molecule has 1 amide bonds. The first-order valence-corrected chi connectivity index (χ1v) is 10.1. The Morgan fingerprint density at radius 3 is 2.59 bits per heavy atom. The lowest BCUT2D eigenvalue weighted by Gasteiger charge is -2.17. The summed E-state index contributed by atoms with van der Waals surface area (Å²) >= 11 is 4.86. The van der Waals surface area contributed by atoms with E-state index < -0.39 is 12.0 Å². The lowest BCUT2D eigenvalue weighted by molar-refractivity contribution is -0.144. The summed E-state index contributed by atoms with van der Waals surface area (Å²) in [4.78, 5) is 25.4. The molecule has 2 rings (SSSR count). The van der Waals surface area contributed by atoms with Crippen LogP contribution in [-0.4, -0.2) is 37.9 Å². The molecule has 7 heteroatoms. The molecule has 2 aromatic rings. The highest BCUT2D eigenvalue weighted by molar-refractivity contribution is 9.10. The van der Waals surface area contributed by atoms with E-state index in [4.69, 9.17) is 9.47 Å². The molecule has 144 valence electrons. The summed E-state index contributed by atoms with van der Waals surface area (Å²) in [5.74, 6) is 0.235. The Hall–Kier alpha value is -1.99. The Bertz CT molecular complexity index is 812. The van der Waals surface area contributed by atoms with Crippen LogP contribution in [0.4, 0.5) is 0 Å². The van der Waals surface area contributed by atoms with Crippen molar-refractivity contribution in [3.63, 3.8) is 0 Å². The second kappa shape index (κ2) is 10.4. The molecular weight excluding hydrogens is 430 g/mol. The van der Waals surface area contributed by atoms with Gasteiger partial charge in [0.2, 0.25) is 5.91 Å². The van der Waals surface area contributed by atoms with E-state index in [2.05, 4.69) is 21.2 Å². The fraction of sp³-hybridized carbons (Fsp3) is 0.300. The molecule has 2 aromatic carbocycles. The molecule has 0 aliphatic rings. The first-order chi connectivity index (χ1) is 12.9. The van der Waals surface area contributed by atoms with Crippen molar-refractivity contribution in [3.05, 3.63) is 58.1 Å². The number of thioether (sulfide) groups is 1. The Kier molecular flexibility index (Phi) is 8.19. The van der Waals surface area contributed by atoms with Gasteiger partial charge >= 0.3 is 5.97 Å². The van der Waals surface area contributed by atoms with Gasteiger partial charge in [0.05, 0.1) is 20.0 Å². The molecule has 0 spiro atoms. The quantitative estimate of drug-likeness (QED) is 0.488. The van der Waals surface area contributed by atoms with Gasteiger partial charge in [-0.3, -0.25) is 4.79 Å². The van der Waals surface area contributed by atoms with Crippen molar-refractivity contribution in [2.24, 2.45) is 0 Å². The molecule has 5 nitrogen and oxygen atoms in total. The maximum absolute atomic E-state index is 12.3. The molecule has 0 fully saturated rings. The van der Waals surface area contributed by atoms with Crippen LogP contribution in [0.1, 0.15) is 11.1 Å². The standard InChI is InChI=1S/C20H22BrNO4S/c1-13-8-9-14(11-17(13)25-2)10-16(20(24)26-3)22-19(23)12-27-18-7-5-4-6-15(18)21/h4-9,11,16H,10,12H2,1-3H3,(H,22,23)/t16-/m0/s1. The largest absolute Gasteiger partial charge is 0.496 e. The Labute approximate surface area is 171 Å². The van der Waals surface area contributed by atoms with Crippen molar-refractivity contribution in [2.45, 2.75) is 24.3 Å². The average Bonchev–Trinajstić information content (AvgIpc) is 2.67. The lowest BCUT2D eigenvalue weighted by Crippen LogP contribution is -2.43. The molecule has 0 aliphatic heterocycles. The molecule has 0 unspecified atom stereocenters. The van der Waals surface area contributed by atoms with Crippen LogP contribution < -0.4 is 10.1 Å². The second-order valence-electron chi connectivity index (χ2n) is 5.87. The van der Waals surface area contributed by atoms with E-state index in [0.717, 1.165) is 26.2 Å². The molecular formula is C20H22BrNO4S. The number of benzene rings is 2. The smallest absolute Gasteiger partial charge is 0.328 e. The van der Waals surface area contributed by atoms with Crippen molar-refractivity contribution >= 4 is 39.6 Å². The van der Waals surface area contributed by atoms with Crippen molar-refractivity contribution < 1.29 is 19.1 Å². The van der Waals surface area contributed by atoms with E-state index in [1.807, 2.05) is 49.4 Å². The fourth-order valence-corrected chi connectivity index (χ4v) is 3.88. The summed E-state index contributed by atoms with van der Waals surface area (Å²) in [5, 5.41) is 2.77. The van der Waals surface area contributed by atoms with Crippen LogP contribution >= 0.6 is 27.7 Å². The number of ether oxygens (including phenoxy) is 2. The third-order valence-electron chi connectivity index (χ3n) is 3.93. The van der Waals surface area contributed by atoms with Gasteiger partial charge in [-0.15, -0.1) is 11.8 Å². The number of methoxy groups -OCH3 is 2. The van der Waals surface area contributed by atoms with Gasteiger partial charge < -0.3 is 14.8 Å². The average molecular weight is 452 g/mol. The minimum absolute atomic E-state index is 0.202. The van der Waals surface area contributed by atoms with Gasteiger partial charge in [-0.1, -0.05) is 24.3 Å². The van der Waals surface area contributed by atoms with Gasteiger partial charge in [0.25, 0.3) is 0 Å². The van der Waals surface area contributed by atoms with Crippen LogP contribution in [0.5, 0.6) is 5.75 Å². The second-order valence-corrected chi connectivity index (χ2v) is 7.74. The van der Waals surface area contributed by atoms with Crippen LogP contribution in [0.25, 0.3) is 0 Å². The molecule has 0 aliphatic carbocycles. The summed E-state index contributed by atoms with van der Waals surface area (Å²) in [7, 11) is 2.91. The van der Waals surface area contributed by atoms with Crippen molar-refractivity contribution in [3.8, 4) is 5.75 Å². The van der Waals surface area contributed by atoms with Crippen molar-refractivity contribution in [2.75, 3.05) is 20.0 Å². The van der Waals surface area contributed by atoms with Gasteiger partial charge in [0, 0.05) is 15.8 Å². The lowest BCUT2D eigenvalue weighted by atomic mass is 10.0. The summed E-state index contributed by atoms with van der Waals surface area (Å²) in [5.41, 5.74) is 1.89. The number of hydrogen-bond donors (Lipinski definition) is 1. The number of rotatable bonds is 8. The topological polar surface area (TPSA) is 64.6 Å². The number of halogens is 1. The molecule has 0 radical (unpaired) electrons. The van der Waals surface area contributed by atoms with Crippen LogP contribution in [0.3, 0.4) is 0 Å². The highest BCUT2D eigenvalue weighted by Gasteiger charge is 2.22. The van der Waals surface area contributed by atoms with E-state index in [1.165, 1.54) is 18.9 Å². The summed E-state index contributed by atoms with van der Waals surface area (Å²) in [6.45, 7) is 1.95. The number of hydrogen-bond acceptors (Lipinski definition) is 5. The van der Waals surface area contributed by atoms with Crippen molar-refractivity contribution in [1.29, 1.82) is 0 Å². The zero-order chi connectivity index (χ0) is 19.8. The SMILES string of the molecule is COC(=O)[C@H](Cc1ccc(C)c(OC)c1)NC(=O)CSc1ccccc1Br. The zero-order valence-electron chi connectivity index (χ0n) is 15.5. The molecule has 0 aromatic heterocycles. The van der Waals surface area contributed by atoms with E-state index in [-0.39, 0.29) is 11.7 Å². The van der Waals surface area contributed by atoms with Crippen molar-refractivity contribution in [1.82, 2.24) is 5.32 Å². The summed E-state index contributed by atoms with van der Waals surface area (Å²) in [6, 6.07) is 12.6. The molecule has 0 saturated heterocycles. The highest BCUT2D eigenvalue weighted by Crippen LogP contribution is 2.26. The predicted octanol–water partition coefficient (Wildman–Crippen LogP) is 3.76. The molecule has 0 heterocycles. The van der Waals surface area contributed by atoms with E-state index in [9.17, 15) is 9.59 Å². The van der Waals surface area contributed by atoms with Gasteiger partial charge in [-0.2, -0.15) is 0 Å². The predicted molar refractivity (Wildman–Crippen MR) is 110 cm³/mol. The Morgan fingerprint density at radius 1 is 1.19 bits per heavy atom. The minimum Gasteiger partial charge on any atom is -0.496 e. The monoisotopic (exact) mass is 451 g/mol. The number of esters is 1. The minimum atomic E-state index is -0.755. The van der Waals surface area contributed by atoms with E-state index in [1.54, 1.807) is 7.11 Å². The van der Waals surface area contributed by atoms with Gasteiger partial charge in [0.1, 0.15) is 11.8 Å². The Morgan fingerprint density at radius 2 is 1.93 bits per heavy atom. The molecule has 1 atom stereocenters. The molecule has 1 N–H and O–H groups in total. The number of carbonyl (C=O) groups excluding carboxylic acids is 2. The zero-order valence-corrected chi connectivity index (χ0v) is 17.9. The van der Waals surface area contributed by atoms with Gasteiger partial charge in [-0.05, 0) is 52.2 Å². The maximum Gasteiger partial charge on any atom is 0.328 e. The molecule has 0 bridgehead atoms. The van der Waals surface area contributed by atoms with Crippen LogP contribution in [0.2, 0.25) is 0 Å². The van der Waals surface area contributed by atoms with E-state index in [0.29, 0.717) is 6.42 Å². The van der Waals surface area contributed by atoms with Gasteiger partial charge in [-0.25, -0.2) is 4.79 Å². The number of carbonyl (C=O) groups is 2. The van der Waals surface area contributed by atoms with Crippen LogP contribution in [0.15, 0.2) is 51.8 Å². The first kappa shape index (κ1) is 21.3. The summed E-state index contributed by atoms with van der Waals surface area (Å²) < 4.78 is 11.1. The van der Waals surface area contributed by atoms with E-state index >= 15 is 0 Å². The first-order valence-electron chi connectivity index (χ1n) is 8.32. The van der Waals surface area contributed by atoms with Crippen LogP contribution in [-0.2, 0) is 20.7 Å². The third-order valence-corrected chi connectivity index (χ3v) is 5.96. The molecule has 0 saturated carbocycles. The number of aryl methyl sites for hydroxylation is 1. The normalized spacial score (nSPS) is 11.6. The maximum atomic E-state index is 12.3.